The molecule has 24 heavy (non-hydrogen) atoms. The number of hydrogen-bond donors (Lipinski definition) is 2. The van der Waals surface area contributed by atoms with E-state index in [1.807, 2.05) is 6.07 Å². The second-order valence-electron chi connectivity index (χ2n) is 5.68. The Morgan fingerprint density at radius 1 is 1.00 bits per heavy atom. The van der Waals surface area contributed by atoms with E-state index in [0.29, 0.717) is 11.3 Å². The van der Waals surface area contributed by atoms with Crippen LogP contribution in [0.2, 0.25) is 5.02 Å². The van der Waals surface area contributed by atoms with Gasteiger partial charge >= 0.3 is 0 Å². The number of amides is 2. The van der Waals surface area contributed by atoms with Crippen molar-refractivity contribution in [2.75, 3.05) is 5.32 Å². The summed E-state index contributed by atoms with van der Waals surface area (Å²) >= 11 is 5.93. The van der Waals surface area contributed by atoms with Gasteiger partial charge in [-0.15, -0.1) is 0 Å². The van der Waals surface area contributed by atoms with Crippen LogP contribution in [0.1, 0.15) is 38.3 Å². The molecule has 1 aliphatic rings. The zero-order chi connectivity index (χ0) is 17.3. The number of Topliss-reactive ketones (excluding diaryl/α,β-unsaturated/α-hetero) is 1. The minimum Gasteiger partial charge on any atom is -0.366 e. The lowest BCUT2D eigenvalue weighted by atomic mass is 10.0. The third-order valence-electron chi connectivity index (χ3n) is 4.06. The maximum atomic E-state index is 12.3. The molecule has 2 amide bonds. The first kappa shape index (κ1) is 16.2. The van der Waals surface area contributed by atoms with Crippen LogP contribution >= 0.6 is 11.6 Å². The summed E-state index contributed by atoms with van der Waals surface area (Å²) in [5.41, 5.74) is 8.38. The highest BCUT2D eigenvalue weighted by atomic mass is 35.5. The Kier molecular flexibility index (Phi) is 4.36. The van der Waals surface area contributed by atoms with Crippen LogP contribution in [0.3, 0.4) is 0 Å². The minimum absolute atomic E-state index is 0.116. The van der Waals surface area contributed by atoms with Gasteiger partial charge in [0.25, 0.3) is 11.7 Å². The molecule has 0 saturated heterocycles. The van der Waals surface area contributed by atoms with Crippen LogP contribution in [0.25, 0.3) is 0 Å². The maximum Gasteiger partial charge on any atom is 0.296 e. The Labute approximate surface area is 143 Å². The minimum atomic E-state index is -0.754. The Bertz CT molecular complexity index is 861. The number of halogens is 1. The zero-order valence-electron chi connectivity index (χ0n) is 12.8. The van der Waals surface area contributed by atoms with Gasteiger partial charge in [0.2, 0.25) is 5.91 Å². The van der Waals surface area contributed by atoms with Gasteiger partial charge in [-0.1, -0.05) is 23.7 Å². The average molecular weight is 343 g/mol. The summed E-state index contributed by atoms with van der Waals surface area (Å²) < 4.78 is 0. The summed E-state index contributed by atoms with van der Waals surface area (Å²) in [6.07, 6.45) is 3.02. The number of aryl methyl sites for hydroxylation is 2. The van der Waals surface area contributed by atoms with Gasteiger partial charge < -0.3 is 11.1 Å². The van der Waals surface area contributed by atoms with Crippen LogP contribution in [-0.2, 0) is 17.6 Å². The Morgan fingerprint density at radius 2 is 1.75 bits per heavy atom. The Morgan fingerprint density at radius 3 is 2.46 bits per heavy atom. The van der Waals surface area contributed by atoms with Crippen LogP contribution in [0, 0.1) is 0 Å². The van der Waals surface area contributed by atoms with Crippen molar-refractivity contribution in [3.8, 4) is 0 Å². The summed E-state index contributed by atoms with van der Waals surface area (Å²) in [6, 6.07) is 9.62. The molecule has 2 aromatic rings. The van der Waals surface area contributed by atoms with E-state index in [1.54, 1.807) is 12.1 Å². The lowest BCUT2D eigenvalue weighted by Gasteiger charge is -2.08. The normalized spacial score (nSPS) is 12.5. The van der Waals surface area contributed by atoms with Gasteiger partial charge in [-0.2, -0.15) is 0 Å². The van der Waals surface area contributed by atoms with Crippen molar-refractivity contribution in [1.29, 1.82) is 0 Å². The van der Waals surface area contributed by atoms with Gasteiger partial charge in [0.1, 0.15) is 0 Å². The smallest absolute Gasteiger partial charge is 0.296 e. The predicted molar refractivity (Wildman–Crippen MR) is 91.4 cm³/mol. The Hall–Kier alpha value is -2.66. The number of nitrogens with two attached hydrogens (primary N) is 1. The van der Waals surface area contributed by atoms with E-state index in [0.717, 1.165) is 24.8 Å². The van der Waals surface area contributed by atoms with Crippen molar-refractivity contribution in [3.63, 3.8) is 0 Å². The highest BCUT2D eigenvalue weighted by Crippen LogP contribution is 2.24. The summed E-state index contributed by atoms with van der Waals surface area (Å²) in [7, 11) is 0. The second-order valence-corrected chi connectivity index (χ2v) is 6.09. The van der Waals surface area contributed by atoms with E-state index < -0.39 is 17.6 Å². The first-order valence-electron chi connectivity index (χ1n) is 7.52. The molecule has 0 aliphatic heterocycles. The number of nitrogens with one attached hydrogen (secondary N) is 1. The number of ketones is 1. The van der Waals surface area contributed by atoms with E-state index in [9.17, 15) is 14.4 Å². The van der Waals surface area contributed by atoms with Crippen molar-refractivity contribution in [3.05, 3.63) is 63.7 Å². The molecule has 0 atom stereocenters. The molecule has 2 aromatic carbocycles. The van der Waals surface area contributed by atoms with E-state index in [1.165, 1.54) is 23.8 Å². The molecule has 3 rings (SSSR count). The number of carbonyl (C=O) groups excluding carboxylic acids is 3. The van der Waals surface area contributed by atoms with Crippen molar-refractivity contribution < 1.29 is 14.4 Å². The predicted octanol–water partition coefficient (Wildman–Crippen LogP) is 2.75. The fourth-order valence-electron chi connectivity index (χ4n) is 2.82. The highest BCUT2D eigenvalue weighted by molar-refractivity contribution is 6.46. The molecule has 0 aromatic heterocycles. The fourth-order valence-corrected chi connectivity index (χ4v) is 3.10. The van der Waals surface area contributed by atoms with Gasteiger partial charge in [0.05, 0.1) is 10.6 Å². The molecule has 1 aliphatic carbocycles. The van der Waals surface area contributed by atoms with E-state index >= 15 is 0 Å². The number of hydrogen-bond acceptors (Lipinski definition) is 3. The van der Waals surface area contributed by atoms with Crippen molar-refractivity contribution >= 4 is 34.9 Å². The monoisotopic (exact) mass is 342 g/mol. The van der Waals surface area contributed by atoms with E-state index in [4.69, 9.17) is 17.3 Å². The van der Waals surface area contributed by atoms with E-state index in [-0.39, 0.29) is 10.6 Å². The number of anilines is 1. The first-order chi connectivity index (χ1) is 11.5. The lowest BCUT2D eigenvalue weighted by molar-refractivity contribution is -0.112. The topological polar surface area (TPSA) is 89.3 Å². The van der Waals surface area contributed by atoms with Gasteiger partial charge in [-0.25, -0.2) is 0 Å². The molecular formula is C18H15ClN2O3. The number of fused-ring (bicyclic) bond motifs is 1. The highest BCUT2D eigenvalue weighted by Gasteiger charge is 2.20. The molecule has 0 heterocycles. The molecule has 0 radical (unpaired) electrons. The molecule has 0 spiro atoms. The van der Waals surface area contributed by atoms with Crippen LogP contribution < -0.4 is 11.1 Å². The largest absolute Gasteiger partial charge is 0.366 e. The number of carbonyl (C=O) groups is 3. The third kappa shape index (κ3) is 3.16. The molecule has 6 heteroatoms. The summed E-state index contributed by atoms with van der Waals surface area (Å²) in [4.78, 5) is 35.6. The van der Waals surface area contributed by atoms with Gasteiger partial charge in [0, 0.05) is 11.3 Å². The SMILES string of the molecule is NC(=O)c1ccc(NC(=O)C(=O)c2ccc3c(c2)CCC3)cc1Cl. The van der Waals surface area contributed by atoms with Crippen LogP contribution in [-0.4, -0.2) is 17.6 Å². The van der Waals surface area contributed by atoms with Gasteiger partial charge in [0.15, 0.2) is 0 Å². The molecule has 0 unspecified atom stereocenters. The average Bonchev–Trinajstić information content (AvgIpc) is 3.01. The molecular weight excluding hydrogens is 328 g/mol. The number of rotatable bonds is 4. The summed E-state index contributed by atoms with van der Waals surface area (Å²) in [5.74, 6) is -2.03. The first-order valence-corrected chi connectivity index (χ1v) is 7.90. The standard InChI is InChI=1S/C18H15ClN2O3/c19-15-9-13(6-7-14(15)17(20)23)21-18(24)16(22)12-5-4-10-2-1-3-11(10)8-12/h4-9H,1-3H2,(H2,20,23)(H,21,24). The van der Waals surface area contributed by atoms with Crippen molar-refractivity contribution in [2.45, 2.75) is 19.3 Å². The third-order valence-corrected chi connectivity index (χ3v) is 4.37. The fraction of sp³-hybridized carbons (Fsp3) is 0.167. The zero-order valence-corrected chi connectivity index (χ0v) is 13.5. The van der Waals surface area contributed by atoms with Crippen molar-refractivity contribution in [1.82, 2.24) is 0 Å². The molecule has 122 valence electrons. The summed E-state index contributed by atoms with van der Waals surface area (Å²) in [6.45, 7) is 0. The van der Waals surface area contributed by atoms with Gasteiger partial charge in [-0.3, -0.25) is 14.4 Å². The lowest BCUT2D eigenvalue weighted by Crippen LogP contribution is -2.23. The quantitative estimate of drug-likeness (QED) is 0.661. The molecule has 5 nitrogen and oxygen atoms in total. The molecule has 0 saturated carbocycles. The van der Waals surface area contributed by atoms with Crippen LogP contribution in [0.4, 0.5) is 5.69 Å². The Balaban J connectivity index is 1.76. The van der Waals surface area contributed by atoms with E-state index in [2.05, 4.69) is 5.32 Å². The van der Waals surface area contributed by atoms with Crippen molar-refractivity contribution in [2.24, 2.45) is 5.73 Å². The number of primary amides is 1. The number of benzene rings is 2. The molecule has 0 bridgehead atoms. The molecule has 3 N–H and O–H groups in total. The van der Waals surface area contributed by atoms with Crippen LogP contribution in [0.15, 0.2) is 36.4 Å². The maximum absolute atomic E-state index is 12.3. The molecule has 0 fully saturated rings. The van der Waals surface area contributed by atoms with Gasteiger partial charge in [-0.05, 0) is 54.7 Å². The van der Waals surface area contributed by atoms with Crippen LogP contribution in [0.5, 0.6) is 0 Å². The summed E-state index contributed by atoms with van der Waals surface area (Å²) in [5, 5.41) is 2.61. The second kappa shape index (κ2) is 6.45.